The average Bonchev–Trinajstić information content (AvgIpc) is 2.91. The van der Waals surface area contributed by atoms with Crippen LogP contribution in [-0.4, -0.2) is 59.2 Å². The fraction of sp³-hybridized carbons (Fsp3) is 0.321. The first-order chi connectivity index (χ1) is 17.8. The summed E-state index contributed by atoms with van der Waals surface area (Å²) in [5.41, 5.74) is 3.44. The van der Waals surface area contributed by atoms with Crippen molar-refractivity contribution >= 4 is 21.6 Å². The number of rotatable bonds is 10. The van der Waals surface area contributed by atoms with E-state index in [1.165, 1.54) is 0 Å². The number of carbonyl (C=O) groups excluding carboxylic acids is 1. The van der Waals surface area contributed by atoms with E-state index in [0.29, 0.717) is 18.0 Å². The number of hydrogen-bond acceptors (Lipinski definition) is 6. The number of anilines is 1. The highest BCUT2D eigenvalue weighted by molar-refractivity contribution is 7.92. The maximum Gasteiger partial charge on any atom is 0.264 e. The van der Waals surface area contributed by atoms with Crippen molar-refractivity contribution in [3.63, 3.8) is 0 Å². The second-order valence-electron chi connectivity index (χ2n) is 9.01. The fourth-order valence-corrected chi connectivity index (χ4v) is 5.56. The van der Waals surface area contributed by atoms with Gasteiger partial charge in [0, 0.05) is 26.2 Å². The lowest BCUT2D eigenvalue weighted by Gasteiger charge is -2.26. The van der Waals surface area contributed by atoms with Crippen LogP contribution in [0.4, 0.5) is 5.69 Å². The average molecular weight is 524 g/mol. The Balaban J connectivity index is 1.47. The maximum absolute atomic E-state index is 13.5. The van der Waals surface area contributed by atoms with Crippen LogP contribution in [0.25, 0.3) is 0 Å². The number of nitrogens with zero attached hydrogens (tertiary/aromatic N) is 2. The van der Waals surface area contributed by atoms with Gasteiger partial charge >= 0.3 is 0 Å². The van der Waals surface area contributed by atoms with Gasteiger partial charge in [-0.2, -0.15) is 0 Å². The first-order valence-electron chi connectivity index (χ1n) is 12.2. The van der Waals surface area contributed by atoms with Crippen LogP contribution in [0.2, 0.25) is 0 Å². The van der Waals surface area contributed by atoms with Crippen molar-refractivity contribution in [1.29, 1.82) is 0 Å². The third-order valence-electron chi connectivity index (χ3n) is 6.25. The second kappa shape index (κ2) is 12.2. The van der Waals surface area contributed by atoms with Crippen LogP contribution in [0, 0.1) is 6.92 Å². The smallest absolute Gasteiger partial charge is 0.264 e. The minimum Gasteiger partial charge on any atom is -0.497 e. The monoisotopic (exact) mass is 523 g/mol. The molecule has 4 rings (SSSR count). The SMILES string of the molecule is COc1ccc(N(CC(=O)NCc2cccc(CN3CCOCC3)c2)S(=O)(=O)c2ccc(C)cc2)cc1. The van der Waals surface area contributed by atoms with Crippen LogP contribution >= 0.6 is 0 Å². The number of ether oxygens (including phenoxy) is 2. The molecule has 1 N–H and O–H groups in total. The lowest BCUT2D eigenvalue weighted by Crippen LogP contribution is -2.40. The van der Waals surface area contributed by atoms with Gasteiger partial charge in [0.05, 0.1) is 30.9 Å². The Hall–Kier alpha value is -3.40. The molecule has 1 aliphatic heterocycles. The Kier molecular flexibility index (Phi) is 8.81. The van der Waals surface area contributed by atoms with Gasteiger partial charge in [0.2, 0.25) is 5.91 Å². The minimum absolute atomic E-state index is 0.123. The third-order valence-corrected chi connectivity index (χ3v) is 8.04. The Morgan fingerprint density at radius 2 is 1.68 bits per heavy atom. The van der Waals surface area contributed by atoms with Gasteiger partial charge in [-0.1, -0.05) is 42.0 Å². The molecule has 0 bridgehead atoms. The summed E-state index contributed by atoms with van der Waals surface area (Å²) in [5, 5.41) is 2.88. The molecule has 0 aromatic heterocycles. The first kappa shape index (κ1) is 26.7. The molecule has 196 valence electrons. The van der Waals surface area contributed by atoms with Gasteiger partial charge in [-0.05, 0) is 54.4 Å². The summed E-state index contributed by atoms with van der Waals surface area (Å²) in [6, 6.07) is 21.3. The molecule has 0 saturated carbocycles. The predicted octanol–water partition coefficient (Wildman–Crippen LogP) is 3.35. The molecule has 1 aliphatic rings. The van der Waals surface area contributed by atoms with Crippen LogP contribution in [0.5, 0.6) is 5.75 Å². The lowest BCUT2D eigenvalue weighted by atomic mass is 10.1. The Morgan fingerprint density at radius 3 is 2.35 bits per heavy atom. The molecule has 37 heavy (non-hydrogen) atoms. The van der Waals surface area contributed by atoms with Crippen molar-refractivity contribution in [1.82, 2.24) is 10.2 Å². The molecule has 1 heterocycles. The first-order valence-corrected chi connectivity index (χ1v) is 13.7. The van der Waals surface area contributed by atoms with E-state index in [1.54, 1.807) is 55.6 Å². The van der Waals surface area contributed by atoms with E-state index < -0.39 is 15.9 Å². The highest BCUT2D eigenvalue weighted by Gasteiger charge is 2.27. The Bertz CT molecular complexity index is 1290. The summed E-state index contributed by atoms with van der Waals surface area (Å²) in [6.07, 6.45) is 0. The number of aryl methyl sites for hydroxylation is 1. The van der Waals surface area contributed by atoms with Gasteiger partial charge in [0.15, 0.2) is 0 Å². The van der Waals surface area contributed by atoms with Crippen LogP contribution in [-0.2, 0) is 32.6 Å². The van der Waals surface area contributed by atoms with Gasteiger partial charge in [0.1, 0.15) is 12.3 Å². The lowest BCUT2D eigenvalue weighted by molar-refractivity contribution is -0.119. The number of morpholine rings is 1. The molecular weight excluding hydrogens is 490 g/mol. The van der Waals surface area contributed by atoms with Gasteiger partial charge in [-0.25, -0.2) is 8.42 Å². The molecule has 0 aliphatic carbocycles. The van der Waals surface area contributed by atoms with Gasteiger partial charge in [-0.3, -0.25) is 14.0 Å². The molecule has 9 heteroatoms. The standard InChI is InChI=1S/C28H33N3O5S/c1-22-6-12-27(13-7-22)37(33,34)31(25-8-10-26(35-2)11-9-25)21-28(32)29-19-23-4-3-5-24(18-23)20-30-14-16-36-17-15-30/h3-13,18H,14-17,19-21H2,1-2H3,(H,29,32). The van der Waals surface area contributed by atoms with E-state index in [4.69, 9.17) is 9.47 Å². The van der Waals surface area contributed by atoms with Crippen molar-refractivity contribution in [2.75, 3.05) is 44.3 Å². The summed E-state index contributed by atoms with van der Waals surface area (Å²) in [4.78, 5) is 15.5. The van der Waals surface area contributed by atoms with Crippen molar-refractivity contribution in [2.45, 2.75) is 24.9 Å². The van der Waals surface area contributed by atoms with Crippen molar-refractivity contribution in [3.05, 3.63) is 89.5 Å². The number of amides is 1. The Labute approximate surface area is 218 Å². The number of methoxy groups -OCH3 is 1. The van der Waals surface area contributed by atoms with Crippen LogP contribution in [0.15, 0.2) is 77.7 Å². The van der Waals surface area contributed by atoms with Gasteiger partial charge in [-0.15, -0.1) is 0 Å². The minimum atomic E-state index is -3.98. The van der Waals surface area contributed by atoms with Gasteiger partial charge in [0.25, 0.3) is 10.0 Å². The third kappa shape index (κ3) is 7.09. The summed E-state index contributed by atoms with van der Waals surface area (Å²) in [7, 11) is -2.43. The maximum atomic E-state index is 13.5. The molecule has 3 aromatic carbocycles. The zero-order valence-corrected chi connectivity index (χ0v) is 22.0. The zero-order chi connectivity index (χ0) is 26.3. The fourth-order valence-electron chi connectivity index (χ4n) is 4.14. The van der Waals surface area contributed by atoms with E-state index in [0.717, 1.165) is 53.8 Å². The van der Waals surface area contributed by atoms with Crippen molar-refractivity contribution in [2.24, 2.45) is 0 Å². The summed E-state index contributed by atoms with van der Waals surface area (Å²) < 4.78 is 38.8. The highest BCUT2D eigenvalue weighted by atomic mass is 32.2. The molecular formula is C28H33N3O5S. The normalized spacial score (nSPS) is 14.2. The predicted molar refractivity (Wildman–Crippen MR) is 143 cm³/mol. The number of nitrogens with one attached hydrogen (secondary N) is 1. The number of sulfonamides is 1. The molecule has 8 nitrogen and oxygen atoms in total. The largest absolute Gasteiger partial charge is 0.497 e. The molecule has 1 saturated heterocycles. The molecule has 0 spiro atoms. The number of benzene rings is 3. The summed E-state index contributed by atoms with van der Waals surface area (Å²) >= 11 is 0. The van der Waals surface area contributed by atoms with E-state index >= 15 is 0 Å². The molecule has 1 amide bonds. The summed E-state index contributed by atoms with van der Waals surface area (Å²) in [6.45, 7) is 5.95. The van der Waals surface area contributed by atoms with Crippen molar-refractivity contribution < 1.29 is 22.7 Å². The Morgan fingerprint density at radius 1 is 1.00 bits per heavy atom. The van der Waals surface area contributed by atoms with E-state index in [2.05, 4.69) is 22.3 Å². The van der Waals surface area contributed by atoms with Gasteiger partial charge < -0.3 is 14.8 Å². The molecule has 0 atom stereocenters. The topological polar surface area (TPSA) is 88.2 Å². The van der Waals surface area contributed by atoms with Crippen LogP contribution in [0.1, 0.15) is 16.7 Å². The van der Waals surface area contributed by atoms with Crippen molar-refractivity contribution in [3.8, 4) is 5.75 Å². The second-order valence-corrected chi connectivity index (χ2v) is 10.9. The van der Waals surface area contributed by atoms with Crippen LogP contribution < -0.4 is 14.4 Å². The molecule has 3 aromatic rings. The number of carbonyl (C=O) groups is 1. The van der Waals surface area contributed by atoms with E-state index in [1.807, 2.05) is 19.1 Å². The van der Waals surface area contributed by atoms with Crippen LogP contribution in [0.3, 0.4) is 0 Å². The van der Waals surface area contributed by atoms with E-state index in [9.17, 15) is 13.2 Å². The molecule has 0 radical (unpaired) electrons. The molecule has 1 fully saturated rings. The zero-order valence-electron chi connectivity index (χ0n) is 21.2. The quantitative estimate of drug-likeness (QED) is 0.439. The highest BCUT2D eigenvalue weighted by Crippen LogP contribution is 2.26. The van der Waals surface area contributed by atoms with E-state index in [-0.39, 0.29) is 11.4 Å². The number of hydrogen-bond donors (Lipinski definition) is 1. The summed E-state index contributed by atoms with van der Waals surface area (Å²) in [5.74, 6) is 0.197. The molecule has 0 unspecified atom stereocenters.